The lowest BCUT2D eigenvalue weighted by Gasteiger charge is -2.32. The molecule has 0 saturated heterocycles. The maximum Gasteiger partial charge on any atom is 0.272 e. The quantitative estimate of drug-likeness (QED) is 0.682. The maximum atomic E-state index is 12.9. The highest BCUT2D eigenvalue weighted by Gasteiger charge is 2.31. The number of rotatable bonds is 1. The highest BCUT2D eigenvalue weighted by Crippen LogP contribution is 2.27. The number of fused-ring (bicyclic) bond motifs is 1. The van der Waals surface area contributed by atoms with Crippen LogP contribution in [0.5, 0.6) is 0 Å². The van der Waals surface area contributed by atoms with E-state index < -0.39 is 0 Å². The van der Waals surface area contributed by atoms with Crippen molar-refractivity contribution in [2.75, 3.05) is 37.3 Å². The van der Waals surface area contributed by atoms with Crippen LogP contribution < -0.4 is 16.0 Å². The van der Waals surface area contributed by atoms with E-state index in [9.17, 15) is 9.59 Å². The molecule has 0 saturated carbocycles. The number of aromatic nitrogens is 4. The van der Waals surface area contributed by atoms with E-state index in [2.05, 4.69) is 20.4 Å². The van der Waals surface area contributed by atoms with Gasteiger partial charge in [-0.3, -0.25) is 14.3 Å². The third-order valence-corrected chi connectivity index (χ3v) is 6.24. The van der Waals surface area contributed by atoms with Gasteiger partial charge in [-0.15, -0.1) is 0 Å². The van der Waals surface area contributed by atoms with Gasteiger partial charge in [0.05, 0.1) is 0 Å². The van der Waals surface area contributed by atoms with Gasteiger partial charge in [0.2, 0.25) is 11.9 Å². The van der Waals surface area contributed by atoms with Crippen LogP contribution in [0.25, 0.3) is 0 Å². The number of nitrogens with two attached hydrogens (primary N) is 1. The monoisotopic (exact) mass is 426 g/mol. The zero-order valence-corrected chi connectivity index (χ0v) is 18.2. The van der Waals surface area contributed by atoms with E-state index >= 15 is 0 Å². The van der Waals surface area contributed by atoms with Gasteiger partial charge in [0, 0.05) is 63.6 Å². The van der Waals surface area contributed by atoms with Gasteiger partial charge < -0.3 is 20.9 Å². The first-order valence-corrected chi connectivity index (χ1v) is 10.9. The average molecular weight is 427 g/mol. The van der Waals surface area contributed by atoms with Crippen LogP contribution in [0.3, 0.4) is 0 Å². The van der Waals surface area contributed by atoms with E-state index in [1.807, 2.05) is 28.6 Å². The molecule has 0 spiro atoms. The minimum absolute atomic E-state index is 0.0780. The van der Waals surface area contributed by atoms with Gasteiger partial charge in [-0.2, -0.15) is 10.1 Å². The molecule has 1 aliphatic heterocycles. The SMILES string of the molecule is CN1C(=O)CCCN(c2nccc(N)n2)CCCNC(=O)c2nn(C)c3c2CC1CC3. The minimum atomic E-state index is -0.159. The first kappa shape index (κ1) is 21.1. The number of aryl methyl sites for hydroxylation is 1. The molecule has 4 rings (SSSR count). The zero-order chi connectivity index (χ0) is 22.0. The van der Waals surface area contributed by atoms with Crippen molar-refractivity contribution in [2.45, 2.75) is 44.6 Å². The number of nitrogen functional groups attached to an aromatic ring is 1. The summed E-state index contributed by atoms with van der Waals surface area (Å²) >= 11 is 0. The molecule has 1 atom stereocenters. The van der Waals surface area contributed by atoms with E-state index in [0.717, 1.165) is 30.5 Å². The number of hydrogen-bond donors (Lipinski definition) is 2. The van der Waals surface area contributed by atoms with Gasteiger partial charge in [0.1, 0.15) is 5.82 Å². The Hall–Kier alpha value is -3.17. The number of amides is 2. The molecule has 0 fully saturated rings. The van der Waals surface area contributed by atoms with Gasteiger partial charge in [0.25, 0.3) is 5.91 Å². The third kappa shape index (κ3) is 4.47. The Labute approximate surface area is 181 Å². The molecule has 3 heterocycles. The molecular weight excluding hydrogens is 396 g/mol. The van der Waals surface area contributed by atoms with Crippen molar-refractivity contribution >= 4 is 23.6 Å². The maximum absolute atomic E-state index is 12.9. The van der Waals surface area contributed by atoms with Gasteiger partial charge in [-0.1, -0.05) is 0 Å². The summed E-state index contributed by atoms with van der Waals surface area (Å²) in [6.07, 6.45) is 5.86. The summed E-state index contributed by atoms with van der Waals surface area (Å²) in [7, 11) is 3.75. The number of nitrogens with one attached hydrogen (secondary N) is 1. The summed E-state index contributed by atoms with van der Waals surface area (Å²) in [5.74, 6) is 0.911. The van der Waals surface area contributed by atoms with Crippen molar-refractivity contribution in [1.82, 2.24) is 30.0 Å². The fourth-order valence-electron chi connectivity index (χ4n) is 4.47. The zero-order valence-electron chi connectivity index (χ0n) is 18.2. The van der Waals surface area contributed by atoms with Crippen LogP contribution in [0.1, 0.15) is 47.4 Å². The van der Waals surface area contributed by atoms with Crippen LogP contribution in [0, 0.1) is 0 Å². The Morgan fingerprint density at radius 1 is 1.16 bits per heavy atom. The first-order chi connectivity index (χ1) is 14.9. The molecule has 10 nitrogen and oxygen atoms in total. The predicted octanol–water partition coefficient (Wildman–Crippen LogP) is 0.528. The summed E-state index contributed by atoms with van der Waals surface area (Å²) in [5.41, 5.74) is 8.38. The summed E-state index contributed by atoms with van der Waals surface area (Å²) in [5, 5.41) is 7.50. The normalized spacial score (nSPS) is 20.8. The van der Waals surface area contributed by atoms with E-state index in [4.69, 9.17) is 5.73 Å². The molecule has 1 aliphatic carbocycles. The number of carbonyl (C=O) groups is 2. The van der Waals surface area contributed by atoms with E-state index in [0.29, 0.717) is 56.4 Å². The van der Waals surface area contributed by atoms with Crippen molar-refractivity contribution in [3.05, 3.63) is 29.2 Å². The number of nitrogens with zero attached hydrogens (tertiary/aromatic N) is 6. The molecule has 2 bridgehead atoms. The van der Waals surface area contributed by atoms with Crippen LogP contribution in [0.2, 0.25) is 0 Å². The summed E-state index contributed by atoms with van der Waals surface area (Å²) in [4.78, 5) is 38.3. The summed E-state index contributed by atoms with van der Waals surface area (Å²) in [6.45, 7) is 1.82. The van der Waals surface area contributed by atoms with E-state index in [-0.39, 0.29) is 17.9 Å². The standard InChI is InChI=1S/C21H30N8O2/c1-27-14-6-7-16-15(13-14)19(26-28(16)2)20(31)23-9-4-12-29(11-3-5-18(27)30)21-24-10-8-17(22)25-21/h8,10,14H,3-7,9,11-13H2,1-2H3,(H,23,31)(H2,22,24,25). The average Bonchev–Trinajstić information content (AvgIpc) is 3.10. The van der Waals surface area contributed by atoms with Crippen LogP contribution in [0.4, 0.5) is 11.8 Å². The lowest BCUT2D eigenvalue weighted by atomic mass is 9.90. The topological polar surface area (TPSA) is 122 Å². The summed E-state index contributed by atoms with van der Waals surface area (Å²) in [6, 6.07) is 1.73. The molecule has 2 aliphatic rings. The van der Waals surface area contributed by atoms with Crippen LogP contribution >= 0.6 is 0 Å². The lowest BCUT2D eigenvalue weighted by molar-refractivity contribution is -0.132. The molecular formula is C21H30N8O2. The molecule has 1 unspecified atom stereocenters. The molecule has 3 N–H and O–H groups in total. The minimum Gasteiger partial charge on any atom is -0.384 e. The van der Waals surface area contributed by atoms with Crippen LogP contribution in [-0.2, 0) is 24.7 Å². The molecule has 31 heavy (non-hydrogen) atoms. The Bertz CT molecular complexity index is 972. The van der Waals surface area contributed by atoms with Crippen LogP contribution in [-0.4, -0.2) is 69.2 Å². The largest absolute Gasteiger partial charge is 0.384 e. The molecule has 166 valence electrons. The Kier molecular flexibility index (Phi) is 6.06. The molecule has 2 amide bonds. The number of anilines is 2. The van der Waals surface area contributed by atoms with Gasteiger partial charge >= 0.3 is 0 Å². The second kappa shape index (κ2) is 8.91. The van der Waals surface area contributed by atoms with Crippen LogP contribution in [0.15, 0.2) is 12.3 Å². The molecule has 2 aromatic rings. The Morgan fingerprint density at radius 2 is 1.97 bits per heavy atom. The van der Waals surface area contributed by atoms with Crippen molar-refractivity contribution in [3.63, 3.8) is 0 Å². The Balaban J connectivity index is 1.57. The fourth-order valence-corrected chi connectivity index (χ4v) is 4.47. The fraction of sp³-hybridized carbons (Fsp3) is 0.571. The Morgan fingerprint density at radius 3 is 2.77 bits per heavy atom. The molecule has 0 aromatic carbocycles. The smallest absolute Gasteiger partial charge is 0.272 e. The molecule has 0 radical (unpaired) electrons. The first-order valence-electron chi connectivity index (χ1n) is 10.9. The third-order valence-electron chi connectivity index (χ3n) is 6.24. The predicted molar refractivity (Wildman–Crippen MR) is 117 cm³/mol. The number of carbonyl (C=O) groups excluding carboxylic acids is 2. The van der Waals surface area contributed by atoms with Crippen molar-refractivity contribution in [3.8, 4) is 0 Å². The highest BCUT2D eigenvalue weighted by molar-refractivity contribution is 5.94. The van der Waals surface area contributed by atoms with E-state index in [1.54, 1.807) is 12.3 Å². The van der Waals surface area contributed by atoms with E-state index in [1.165, 1.54) is 0 Å². The number of likely N-dealkylation sites (N-methyl/N-ethyl adjacent to an activating group) is 1. The van der Waals surface area contributed by atoms with Crippen molar-refractivity contribution < 1.29 is 9.59 Å². The van der Waals surface area contributed by atoms with Gasteiger partial charge in [-0.25, -0.2) is 4.98 Å². The van der Waals surface area contributed by atoms with Gasteiger partial charge in [0.15, 0.2) is 5.69 Å². The lowest BCUT2D eigenvalue weighted by Crippen LogP contribution is -2.41. The molecule has 10 heteroatoms. The van der Waals surface area contributed by atoms with Gasteiger partial charge in [-0.05, 0) is 38.2 Å². The van der Waals surface area contributed by atoms with Crippen molar-refractivity contribution in [1.29, 1.82) is 0 Å². The summed E-state index contributed by atoms with van der Waals surface area (Å²) < 4.78 is 1.81. The second-order valence-corrected chi connectivity index (χ2v) is 8.28. The highest BCUT2D eigenvalue weighted by atomic mass is 16.2. The molecule has 2 aromatic heterocycles. The second-order valence-electron chi connectivity index (χ2n) is 8.28. The van der Waals surface area contributed by atoms with Crippen molar-refractivity contribution in [2.24, 2.45) is 7.05 Å². The number of hydrogen-bond acceptors (Lipinski definition) is 7.